The molecule has 0 aliphatic carbocycles. The molecule has 21 heavy (non-hydrogen) atoms. The van der Waals surface area contributed by atoms with Crippen LogP contribution in [0.15, 0.2) is 42.5 Å². The van der Waals surface area contributed by atoms with E-state index in [-0.39, 0.29) is 6.10 Å². The number of fused-ring (bicyclic) bond motifs is 1. The van der Waals surface area contributed by atoms with E-state index in [1.807, 2.05) is 30.3 Å². The predicted octanol–water partition coefficient (Wildman–Crippen LogP) is 3.43. The van der Waals surface area contributed by atoms with Crippen molar-refractivity contribution in [1.29, 1.82) is 0 Å². The fourth-order valence-electron chi connectivity index (χ4n) is 2.60. The molecule has 1 heterocycles. The smallest absolute Gasteiger partial charge is 0.137 e. The molecule has 1 N–H and O–H groups in total. The van der Waals surface area contributed by atoms with Crippen molar-refractivity contribution < 1.29 is 14.6 Å². The monoisotopic (exact) mass is 284 g/mol. The lowest BCUT2D eigenvalue weighted by atomic mass is 10.1. The Morgan fingerprint density at radius 1 is 1.29 bits per heavy atom. The molecule has 2 atom stereocenters. The highest BCUT2D eigenvalue weighted by atomic mass is 16.5. The Balaban J connectivity index is 1.61. The maximum Gasteiger partial charge on any atom is 0.137 e. The third-order valence-corrected chi connectivity index (χ3v) is 3.73. The van der Waals surface area contributed by atoms with E-state index in [9.17, 15) is 5.11 Å². The predicted molar refractivity (Wildman–Crippen MR) is 81.9 cm³/mol. The van der Waals surface area contributed by atoms with E-state index in [4.69, 9.17) is 9.47 Å². The minimum atomic E-state index is -0.483. The van der Waals surface area contributed by atoms with Gasteiger partial charge in [0.25, 0.3) is 0 Å². The number of hydrogen-bond acceptors (Lipinski definition) is 3. The molecule has 1 aliphatic rings. The molecule has 1 unspecified atom stereocenters. The molecule has 0 saturated carbocycles. The molecule has 3 nitrogen and oxygen atoms in total. The van der Waals surface area contributed by atoms with Crippen molar-refractivity contribution >= 4 is 0 Å². The van der Waals surface area contributed by atoms with Crippen LogP contribution in [0.5, 0.6) is 11.5 Å². The highest BCUT2D eigenvalue weighted by Crippen LogP contribution is 2.30. The summed E-state index contributed by atoms with van der Waals surface area (Å²) in [4.78, 5) is 0. The highest BCUT2D eigenvalue weighted by molar-refractivity contribution is 5.40. The standard InChI is InChI=1S/C18H20O3/c1-12-6-7-18-15(8-12)10-17(21-18)11-20-16-5-3-4-14(9-16)13(2)19/h3-9,13,17,19H,10-11H2,1-2H3/t13-,17?/m1/s1. The highest BCUT2D eigenvalue weighted by Gasteiger charge is 2.23. The van der Waals surface area contributed by atoms with Gasteiger partial charge >= 0.3 is 0 Å². The molecule has 2 aromatic rings. The van der Waals surface area contributed by atoms with E-state index in [2.05, 4.69) is 19.1 Å². The molecule has 0 amide bonds. The Morgan fingerprint density at radius 3 is 2.95 bits per heavy atom. The number of hydrogen-bond donors (Lipinski definition) is 1. The van der Waals surface area contributed by atoms with Gasteiger partial charge in [0.1, 0.15) is 24.2 Å². The summed E-state index contributed by atoms with van der Waals surface area (Å²) in [6.07, 6.45) is 0.452. The Bertz CT molecular complexity index is 634. The zero-order valence-corrected chi connectivity index (χ0v) is 12.4. The SMILES string of the molecule is Cc1ccc2c(c1)CC(COc1cccc([C@@H](C)O)c1)O2. The topological polar surface area (TPSA) is 38.7 Å². The first-order valence-electron chi connectivity index (χ1n) is 7.29. The molecule has 1 aliphatic heterocycles. The van der Waals surface area contributed by atoms with Crippen LogP contribution >= 0.6 is 0 Å². The fraction of sp³-hybridized carbons (Fsp3) is 0.333. The van der Waals surface area contributed by atoms with Crippen LogP contribution in [0.3, 0.4) is 0 Å². The second kappa shape index (κ2) is 5.78. The van der Waals surface area contributed by atoms with Crippen LogP contribution in [-0.2, 0) is 6.42 Å². The molecule has 0 saturated heterocycles. The van der Waals surface area contributed by atoms with Crippen LogP contribution in [0.2, 0.25) is 0 Å². The number of ether oxygens (including phenoxy) is 2. The zero-order chi connectivity index (χ0) is 14.8. The first-order valence-corrected chi connectivity index (χ1v) is 7.29. The van der Waals surface area contributed by atoms with Gasteiger partial charge in [-0.25, -0.2) is 0 Å². The lowest BCUT2D eigenvalue weighted by Crippen LogP contribution is -2.22. The summed E-state index contributed by atoms with van der Waals surface area (Å²) in [6.45, 7) is 4.35. The van der Waals surface area contributed by atoms with Gasteiger partial charge in [-0.05, 0) is 43.2 Å². The maximum atomic E-state index is 9.59. The third kappa shape index (κ3) is 3.19. The molecule has 0 aromatic heterocycles. The Morgan fingerprint density at radius 2 is 2.14 bits per heavy atom. The number of benzene rings is 2. The van der Waals surface area contributed by atoms with E-state index in [0.717, 1.165) is 23.5 Å². The van der Waals surface area contributed by atoms with Gasteiger partial charge in [-0.3, -0.25) is 0 Å². The molecule has 0 bridgehead atoms. The summed E-state index contributed by atoms with van der Waals surface area (Å²) in [5.74, 6) is 1.73. The molecule has 3 heteroatoms. The van der Waals surface area contributed by atoms with E-state index in [1.54, 1.807) is 6.92 Å². The lowest BCUT2D eigenvalue weighted by molar-refractivity contribution is 0.148. The largest absolute Gasteiger partial charge is 0.490 e. The van der Waals surface area contributed by atoms with Gasteiger partial charge in [0.05, 0.1) is 6.10 Å². The average molecular weight is 284 g/mol. The van der Waals surface area contributed by atoms with Gasteiger partial charge in [-0.15, -0.1) is 0 Å². The number of aliphatic hydroxyl groups excluding tert-OH is 1. The van der Waals surface area contributed by atoms with Gasteiger partial charge in [0, 0.05) is 6.42 Å². The second-order valence-corrected chi connectivity index (χ2v) is 5.61. The van der Waals surface area contributed by atoms with E-state index < -0.39 is 6.10 Å². The first kappa shape index (κ1) is 14.0. The van der Waals surface area contributed by atoms with Crippen molar-refractivity contribution in [1.82, 2.24) is 0 Å². The van der Waals surface area contributed by atoms with Crippen molar-refractivity contribution in [2.75, 3.05) is 6.61 Å². The maximum absolute atomic E-state index is 9.59. The fourth-order valence-corrected chi connectivity index (χ4v) is 2.60. The van der Waals surface area contributed by atoms with Crippen molar-refractivity contribution in [3.63, 3.8) is 0 Å². The molecule has 3 rings (SSSR count). The van der Waals surface area contributed by atoms with Crippen LogP contribution in [0, 0.1) is 6.92 Å². The summed E-state index contributed by atoms with van der Waals surface area (Å²) in [6, 6.07) is 13.8. The van der Waals surface area contributed by atoms with Gasteiger partial charge in [-0.2, -0.15) is 0 Å². The molecule has 110 valence electrons. The quantitative estimate of drug-likeness (QED) is 0.935. The van der Waals surface area contributed by atoms with Crippen LogP contribution in [0.1, 0.15) is 29.7 Å². The van der Waals surface area contributed by atoms with Gasteiger partial charge < -0.3 is 14.6 Å². The molecular weight excluding hydrogens is 264 g/mol. The molecule has 2 aromatic carbocycles. The van der Waals surface area contributed by atoms with Gasteiger partial charge in [-0.1, -0.05) is 29.8 Å². The van der Waals surface area contributed by atoms with E-state index >= 15 is 0 Å². The molecule has 0 spiro atoms. The van der Waals surface area contributed by atoms with Crippen molar-refractivity contribution in [3.8, 4) is 11.5 Å². The number of aryl methyl sites for hydroxylation is 1. The lowest BCUT2D eigenvalue weighted by Gasteiger charge is -2.13. The minimum Gasteiger partial charge on any atom is -0.490 e. The van der Waals surface area contributed by atoms with Gasteiger partial charge in [0.15, 0.2) is 0 Å². The summed E-state index contributed by atoms with van der Waals surface area (Å²) < 4.78 is 11.7. The molecule has 0 radical (unpaired) electrons. The summed E-state index contributed by atoms with van der Waals surface area (Å²) in [5.41, 5.74) is 3.36. The Kier molecular flexibility index (Phi) is 3.84. The van der Waals surface area contributed by atoms with Crippen LogP contribution in [-0.4, -0.2) is 17.8 Å². The Labute approximate surface area is 125 Å². The van der Waals surface area contributed by atoms with Crippen molar-refractivity contribution in [2.45, 2.75) is 32.5 Å². The number of rotatable bonds is 4. The third-order valence-electron chi connectivity index (χ3n) is 3.73. The van der Waals surface area contributed by atoms with Crippen LogP contribution in [0.25, 0.3) is 0 Å². The molecular formula is C18H20O3. The normalized spacial score (nSPS) is 18.0. The van der Waals surface area contributed by atoms with E-state index in [0.29, 0.717) is 6.61 Å². The number of aliphatic hydroxyl groups is 1. The van der Waals surface area contributed by atoms with Crippen molar-refractivity contribution in [2.24, 2.45) is 0 Å². The van der Waals surface area contributed by atoms with Crippen molar-refractivity contribution in [3.05, 3.63) is 59.2 Å². The van der Waals surface area contributed by atoms with Crippen LogP contribution < -0.4 is 9.47 Å². The van der Waals surface area contributed by atoms with E-state index in [1.165, 1.54) is 11.1 Å². The zero-order valence-electron chi connectivity index (χ0n) is 12.4. The second-order valence-electron chi connectivity index (χ2n) is 5.61. The summed E-state index contributed by atoms with van der Waals surface area (Å²) >= 11 is 0. The summed E-state index contributed by atoms with van der Waals surface area (Å²) in [5, 5.41) is 9.59. The Hall–Kier alpha value is -2.00. The van der Waals surface area contributed by atoms with Crippen LogP contribution in [0.4, 0.5) is 0 Å². The first-order chi connectivity index (χ1) is 10.1. The summed E-state index contributed by atoms with van der Waals surface area (Å²) in [7, 11) is 0. The average Bonchev–Trinajstić information content (AvgIpc) is 2.87. The minimum absolute atomic E-state index is 0.0528. The van der Waals surface area contributed by atoms with Gasteiger partial charge in [0.2, 0.25) is 0 Å². The molecule has 0 fully saturated rings.